The Balaban J connectivity index is 1.93. The summed E-state index contributed by atoms with van der Waals surface area (Å²) in [6.07, 6.45) is 8.31. The standard InChI is InChI=1S/C19H26BrN3/c1-4-7-14(21)8-5-10-16-22-18-13(3)17(20)12(2)15-9-6-11-23(16)19(15)18/h4,14H,1,5-11,21H2,2-3H3. The van der Waals surface area contributed by atoms with Crippen LogP contribution in [0.25, 0.3) is 11.0 Å². The first kappa shape index (κ1) is 16.7. The summed E-state index contributed by atoms with van der Waals surface area (Å²) in [6.45, 7) is 9.26. The lowest BCUT2D eigenvalue weighted by Crippen LogP contribution is -2.19. The van der Waals surface area contributed by atoms with Gasteiger partial charge in [0, 0.05) is 23.5 Å². The third-order valence-electron chi connectivity index (χ3n) is 5.05. The highest BCUT2D eigenvalue weighted by Crippen LogP contribution is 2.37. The van der Waals surface area contributed by atoms with Crippen molar-refractivity contribution in [3.05, 3.63) is 39.6 Å². The van der Waals surface area contributed by atoms with Crippen LogP contribution < -0.4 is 5.73 Å². The lowest BCUT2D eigenvalue weighted by Gasteiger charge is -2.20. The van der Waals surface area contributed by atoms with Gasteiger partial charge < -0.3 is 10.3 Å². The number of halogens is 1. The monoisotopic (exact) mass is 375 g/mol. The van der Waals surface area contributed by atoms with Crippen molar-refractivity contribution in [2.24, 2.45) is 5.73 Å². The summed E-state index contributed by atoms with van der Waals surface area (Å²) in [5.41, 5.74) is 12.8. The van der Waals surface area contributed by atoms with Gasteiger partial charge in [0.15, 0.2) is 0 Å². The van der Waals surface area contributed by atoms with Crippen LogP contribution in [0.3, 0.4) is 0 Å². The Morgan fingerprint density at radius 3 is 2.91 bits per heavy atom. The van der Waals surface area contributed by atoms with Crippen molar-refractivity contribution in [3.8, 4) is 0 Å². The van der Waals surface area contributed by atoms with Crippen molar-refractivity contribution in [1.29, 1.82) is 0 Å². The van der Waals surface area contributed by atoms with Crippen LogP contribution >= 0.6 is 15.9 Å². The van der Waals surface area contributed by atoms with Gasteiger partial charge in [-0.2, -0.15) is 0 Å². The van der Waals surface area contributed by atoms with E-state index >= 15 is 0 Å². The van der Waals surface area contributed by atoms with Crippen LogP contribution in [0.1, 0.15) is 48.2 Å². The van der Waals surface area contributed by atoms with Gasteiger partial charge in [-0.1, -0.05) is 22.0 Å². The Labute approximate surface area is 147 Å². The molecule has 124 valence electrons. The van der Waals surface area contributed by atoms with Crippen molar-refractivity contribution in [2.45, 2.75) is 65.0 Å². The van der Waals surface area contributed by atoms with Crippen LogP contribution in [-0.2, 0) is 19.4 Å². The molecule has 23 heavy (non-hydrogen) atoms. The second kappa shape index (κ2) is 6.78. The van der Waals surface area contributed by atoms with E-state index in [1.54, 1.807) is 0 Å². The molecule has 2 heterocycles. The summed E-state index contributed by atoms with van der Waals surface area (Å²) in [5.74, 6) is 1.23. The Bertz CT molecular complexity index is 745. The van der Waals surface area contributed by atoms with Gasteiger partial charge in [-0.3, -0.25) is 0 Å². The van der Waals surface area contributed by atoms with Crippen molar-refractivity contribution >= 4 is 27.0 Å². The van der Waals surface area contributed by atoms with Gasteiger partial charge in [0.25, 0.3) is 0 Å². The number of hydrogen-bond acceptors (Lipinski definition) is 2. The second-order valence-corrected chi connectivity index (χ2v) is 7.49. The zero-order valence-electron chi connectivity index (χ0n) is 14.2. The lowest BCUT2D eigenvalue weighted by molar-refractivity contribution is 0.554. The number of hydrogen-bond donors (Lipinski definition) is 1. The minimum atomic E-state index is 0.229. The Kier molecular flexibility index (Phi) is 4.93. The van der Waals surface area contributed by atoms with E-state index in [0.29, 0.717) is 0 Å². The third kappa shape index (κ3) is 2.99. The number of nitrogens with two attached hydrogens (primary N) is 1. The molecule has 4 heteroatoms. The summed E-state index contributed by atoms with van der Waals surface area (Å²) in [5, 5.41) is 0. The molecule has 2 N–H and O–H groups in total. The first-order valence-electron chi connectivity index (χ1n) is 8.57. The molecule has 0 aliphatic carbocycles. The number of imidazole rings is 1. The molecule has 0 bridgehead atoms. The number of rotatable bonds is 6. The summed E-state index contributed by atoms with van der Waals surface area (Å²) in [6, 6.07) is 0.229. The van der Waals surface area contributed by atoms with Crippen LogP contribution in [0.4, 0.5) is 0 Å². The Hall–Kier alpha value is -1.13. The molecular weight excluding hydrogens is 350 g/mol. The third-order valence-corrected chi connectivity index (χ3v) is 6.24. The molecular formula is C19H26BrN3. The van der Waals surface area contributed by atoms with E-state index < -0.39 is 0 Å². The Morgan fingerprint density at radius 1 is 1.39 bits per heavy atom. The molecule has 0 saturated carbocycles. The maximum absolute atomic E-state index is 6.09. The molecule has 3 nitrogen and oxygen atoms in total. The predicted molar refractivity (Wildman–Crippen MR) is 101 cm³/mol. The van der Waals surface area contributed by atoms with Gasteiger partial charge in [0.05, 0.1) is 11.0 Å². The van der Waals surface area contributed by atoms with E-state index in [0.717, 1.165) is 38.6 Å². The zero-order chi connectivity index (χ0) is 16.6. The fourth-order valence-corrected chi connectivity index (χ4v) is 4.19. The van der Waals surface area contributed by atoms with Gasteiger partial charge in [0.1, 0.15) is 5.82 Å². The highest BCUT2D eigenvalue weighted by molar-refractivity contribution is 9.10. The highest BCUT2D eigenvalue weighted by Gasteiger charge is 2.23. The predicted octanol–water partition coefficient (Wildman–Crippen LogP) is 4.59. The van der Waals surface area contributed by atoms with Crippen LogP contribution in [0, 0.1) is 13.8 Å². The molecule has 3 rings (SSSR count). The Morgan fingerprint density at radius 2 is 2.17 bits per heavy atom. The number of benzene rings is 1. The van der Waals surface area contributed by atoms with Gasteiger partial charge in [0.2, 0.25) is 0 Å². The van der Waals surface area contributed by atoms with Crippen LogP contribution in [0.2, 0.25) is 0 Å². The normalized spacial score (nSPS) is 15.1. The van der Waals surface area contributed by atoms with E-state index in [1.165, 1.54) is 44.4 Å². The summed E-state index contributed by atoms with van der Waals surface area (Å²) in [7, 11) is 0. The molecule has 1 aromatic heterocycles. The minimum Gasteiger partial charge on any atom is -0.328 e. The first-order valence-corrected chi connectivity index (χ1v) is 9.37. The second-order valence-electron chi connectivity index (χ2n) is 6.70. The molecule has 0 radical (unpaired) electrons. The molecule has 1 aliphatic rings. The van der Waals surface area contributed by atoms with E-state index in [-0.39, 0.29) is 6.04 Å². The molecule has 2 aromatic rings. The van der Waals surface area contributed by atoms with Crippen molar-refractivity contribution in [1.82, 2.24) is 9.55 Å². The highest BCUT2D eigenvalue weighted by atomic mass is 79.9. The van der Waals surface area contributed by atoms with Gasteiger partial charge >= 0.3 is 0 Å². The molecule has 0 fully saturated rings. The summed E-state index contributed by atoms with van der Waals surface area (Å²) in [4.78, 5) is 5.00. The average Bonchev–Trinajstić information content (AvgIpc) is 2.91. The van der Waals surface area contributed by atoms with Gasteiger partial charge in [-0.05, 0) is 62.6 Å². The van der Waals surface area contributed by atoms with E-state index in [4.69, 9.17) is 10.7 Å². The molecule has 0 spiro atoms. The van der Waals surface area contributed by atoms with Gasteiger partial charge in [-0.25, -0.2) is 4.98 Å². The smallest absolute Gasteiger partial charge is 0.109 e. The van der Waals surface area contributed by atoms with Crippen molar-refractivity contribution in [3.63, 3.8) is 0 Å². The number of aryl methyl sites for hydroxylation is 4. The molecule has 1 atom stereocenters. The number of nitrogens with zero attached hydrogens (tertiary/aromatic N) is 2. The average molecular weight is 376 g/mol. The van der Waals surface area contributed by atoms with E-state index in [9.17, 15) is 0 Å². The summed E-state index contributed by atoms with van der Waals surface area (Å²) >= 11 is 3.76. The topological polar surface area (TPSA) is 43.8 Å². The van der Waals surface area contributed by atoms with E-state index in [2.05, 4.69) is 40.9 Å². The first-order chi connectivity index (χ1) is 11.0. The fourth-order valence-electron chi connectivity index (χ4n) is 3.77. The molecule has 1 unspecified atom stereocenters. The molecule has 0 amide bonds. The zero-order valence-corrected chi connectivity index (χ0v) is 15.7. The van der Waals surface area contributed by atoms with E-state index in [1.807, 2.05) is 6.08 Å². The SMILES string of the molecule is C=CCC(N)CCCc1nc2c(C)c(Br)c(C)c3c2n1CCC3. The maximum Gasteiger partial charge on any atom is 0.109 e. The molecule has 0 saturated heterocycles. The van der Waals surface area contributed by atoms with Gasteiger partial charge in [-0.15, -0.1) is 6.58 Å². The summed E-state index contributed by atoms with van der Waals surface area (Å²) < 4.78 is 3.69. The van der Waals surface area contributed by atoms with Crippen LogP contribution in [0.15, 0.2) is 17.1 Å². The lowest BCUT2D eigenvalue weighted by atomic mass is 9.97. The van der Waals surface area contributed by atoms with Crippen molar-refractivity contribution in [2.75, 3.05) is 0 Å². The van der Waals surface area contributed by atoms with Crippen LogP contribution in [-0.4, -0.2) is 15.6 Å². The number of aromatic nitrogens is 2. The van der Waals surface area contributed by atoms with Crippen molar-refractivity contribution < 1.29 is 0 Å². The molecule has 1 aliphatic heterocycles. The largest absolute Gasteiger partial charge is 0.328 e. The van der Waals surface area contributed by atoms with Crippen LogP contribution in [0.5, 0.6) is 0 Å². The maximum atomic E-state index is 6.09. The fraction of sp³-hybridized carbons (Fsp3) is 0.526. The molecule has 1 aromatic carbocycles. The quantitative estimate of drug-likeness (QED) is 0.750. The minimum absolute atomic E-state index is 0.229.